The molecule has 0 aliphatic rings. The third-order valence-electron chi connectivity index (χ3n) is 3.47. The second-order valence-electron chi connectivity index (χ2n) is 5.24. The van der Waals surface area contributed by atoms with Crippen LogP contribution in [0, 0.1) is 6.92 Å². The highest BCUT2D eigenvalue weighted by Crippen LogP contribution is 2.36. The molecule has 2 aromatic rings. The van der Waals surface area contributed by atoms with Crippen LogP contribution in [0.1, 0.15) is 17.1 Å². The van der Waals surface area contributed by atoms with Crippen LogP contribution in [0.15, 0.2) is 18.3 Å². The van der Waals surface area contributed by atoms with Crippen molar-refractivity contribution in [1.82, 2.24) is 14.9 Å². The zero-order chi connectivity index (χ0) is 16.8. The Morgan fingerprint density at radius 1 is 1.26 bits per heavy atom. The Labute approximate surface area is 141 Å². The minimum Gasteiger partial charge on any atom is -0.493 e. The van der Waals surface area contributed by atoms with Crippen molar-refractivity contribution in [2.75, 3.05) is 27.4 Å². The summed E-state index contributed by atoms with van der Waals surface area (Å²) in [6.45, 7) is 3.82. The van der Waals surface area contributed by atoms with E-state index in [1.54, 1.807) is 20.4 Å². The van der Waals surface area contributed by atoms with Gasteiger partial charge >= 0.3 is 0 Å². The second kappa shape index (κ2) is 8.19. The highest BCUT2D eigenvalue weighted by molar-refractivity contribution is 6.32. The van der Waals surface area contributed by atoms with Crippen molar-refractivity contribution in [2.45, 2.75) is 20.0 Å². The lowest BCUT2D eigenvalue weighted by molar-refractivity contribution is 0.183. The molecule has 0 amide bonds. The fourth-order valence-corrected chi connectivity index (χ4v) is 2.78. The van der Waals surface area contributed by atoms with E-state index in [0.717, 1.165) is 17.1 Å². The first-order valence-corrected chi connectivity index (χ1v) is 7.69. The van der Waals surface area contributed by atoms with E-state index in [-0.39, 0.29) is 6.61 Å². The van der Waals surface area contributed by atoms with E-state index in [4.69, 9.17) is 21.1 Å². The van der Waals surface area contributed by atoms with Crippen molar-refractivity contribution in [2.24, 2.45) is 0 Å². The number of aromatic amines is 1. The standard InChI is InChI=1S/C16H22ClN3O3/c1-11-18-8-13(19-11)10-20(4-5-21)9-12-6-14(17)16(23-3)15(7-12)22-2/h6-8,21H,4-5,9-10H2,1-3H3,(H,18,19). The van der Waals surface area contributed by atoms with E-state index in [1.807, 2.05) is 19.1 Å². The minimum absolute atomic E-state index is 0.0775. The summed E-state index contributed by atoms with van der Waals surface area (Å²) >= 11 is 6.25. The van der Waals surface area contributed by atoms with Crippen LogP contribution in [0.2, 0.25) is 5.02 Å². The molecule has 7 heteroatoms. The maximum Gasteiger partial charge on any atom is 0.179 e. The molecule has 2 N–H and O–H groups in total. The number of ether oxygens (including phenoxy) is 2. The predicted molar refractivity (Wildman–Crippen MR) is 89.1 cm³/mol. The van der Waals surface area contributed by atoms with Gasteiger partial charge in [-0.2, -0.15) is 0 Å². The lowest BCUT2D eigenvalue weighted by Crippen LogP contribution is -2.26. The maximum atomic E-state index is 9.30. The Kier molecular flexibility index (Phi) is 6.27. The van der Waals surface area contributed by atoms with Gasteiger partial charge in [-0.15, -0.1) is 0 Å². The molecule has 1 aromatic carbocycles. The van der Waals surface area contributed by atoms with Crippen LogP contribution < -0.4 is 9.47 Å². The number of benzene rings is 1. The molecule has 0 spiro atoms. The minimum atomic E-state index is 0.0775. The fourth-order valence-electron chi connectivity index (χ4n) is 2.47. The van der Waals surface area contributed by atoms with Gasteiger partial charge in [0.2, 0.25) is 0 Å². The third-order valence-corrected chi connectivity index (χ3v) is 3.75. The topological polar surface area (TPSA) is 70.6 Å². The average molecular weight is 340 g/mol. The first kappa shape index (κ1) is 17.6. The van der Waals surface area contributed by atoms with Gasteiger partial charge in [-0.25, -0.2) is 4.98 Å². The molecule has 0 aliphatic heterocycles. The summed E-state index contributed by atoms with van der Waals surface area (Å²) in [5, 5.41) is 9.80. The van der Waals surface area contributed by atoms with E-state index in [2.05, 4.69) is 14.9 Å². The molecule has 0 atom stereocenters. The van der Waals surface area contributed by atoms with E-state index < -0.39 is 0 Å². The first-order valence-electron chi connectivity index (χ1n) is 7.31. The lowest BCUT2D eigenvalue weighted by Gasteiger charge is -2.21. The monoisotopic (exact) mass is 339 g/mol. The number of aromatic nitrogens is 2. The number of halogens is 1. The molecule has 1 aromatic heterocycles. The third kappa shape index (κ3) is 4.60. The number of hydrogen-bond donors (Lipinski definition) is 2. The number of nitrogens with zero attached hydrogens (tertiary/aromatic N) is 2. The van der Waals surface area contributed by atoms with Crippen molar-refractivity contribution >= 4 is 11.6 Å². The first-order chi connectivity index (χ1) is 11.1. The zero-order valence-corrected chi connectivity index (χ0v) is 14.4. The van der Waals surface area contributed by atoms with Gasteiger partial charge in [-0.05, 0) is 24.6 Å². The molecule has 1 heterocycles. The molecule has 0 saturated heterocycles. The van der Waals surface area contributed by atoms with Crippen LogP contribution in [0.3, 0.4) is 0 Å². The summed E-state index contributed by atoms with van der Waals surface area (Å²) < 4.78 is 10.6. The Balaban J connectivity index is 2.17. The average Bonchev–Trinajstić information content (AvgIpc) is 2.92. The van der Waals surface area contributed by atoms with Crippen LogP contribution in [0.4, 0.5) is 0 Å². The largest absolute Gasteiger partial charge is 0.493 e. The Bertz CT molecular complexity index is 645. The summed E-state index contributed by atoms with van der Waals surface area (Å²) in [6, 6.07) is 3.75. The van der Waals surface area contributed by atoms with Gasteiger partial charge in [-0.3, -0.25) is 4.90 Å². The van der Waals surface area contributed by atoms with Gasteiger partial charge in [0.15, 0.2) is 11.5 Å². The van der Waals surface area contributed by atoms with Crippen LogP contribution in [0.5, 0.6) is 11.5 Å². The zero-order valence-electron chi connectivity index (χ0n) is 13.6. The molecular weight excluding hydrogens is 318 g/mol. The molecule has 6 nitrogen and oxygen atoms in total. The molecule has 0 bridgehead atoms. The normalized spacial score (nSPS) is 11.0. The SMILES string of the molecule is COc1cc(CN(CCO)Cc2cnc(C)[nH]2)cc(Cl)c1OC. The van der Waals surface area contributed by atoms with Gasteiger partial charge in [0.25, 0.3) is 0 Å². The second-order valence-corrected chi connectivity index (χ2v) is 5.65. The van der Waals surface area contributed by atoms with Crippen LogP contribution >= 0.6 is 11.6 Å². The predicted octanol–water partition coefficient (Wildman–Crippen LogP) is 2.38. The number of methoxy groups -OCH3 is 2. The Hall–Kier alpha value is -1.76. The molecule has 2 rings (SSSR count). The number of aliphatic hydroxyl groups excluding tert-OH is 1. The Morgan fingerprint density at radius 3 is 2.61 bits per heavy atom. The highest BCUT2D eigenvalue weighted by atomic mass is 35.5. The number of aryl methyl sites for hydroxylation is 1. The van der Waals surface area contributed by atoms with Gasteiger partial charge in [-0.1, -0.05) is 11.6 Å². The van der Waals surface area contributed by atoms with Crippen molar-refractivity contribution in [3.05, 3.63) is 40.4 Å². The number of aliphatic hydroxyl groups is 1. The van der Waals surface area contributed by atoms with Gasteiger partial charge in [0.05, 0.1) is 25.8 Å². The van der Waals surface area contributed by atoms with E-state index >= 15 is 0 Å². The summed E-state index contributed by atoms with van der Waals surface area (Å²) in [5.41, 5.74) is 1.99. The van der Waals surface area contributed by atoms with Crippen molar-refractivity contribution in [1.29, 1.82) is 0 Å². The summed E-state index contributed by atoms with van der Waals surface area (Å²) in [4.78, 5) is 9.50. The maximum absolute atomic E-state index is 9.30. The molecule has 0 unspecified atom stereocenters. The van der Waals surface area contributed by atoms with Crippen LogP contribution in [0.25, 0.3) is 0 Å². The number of hydrogen-bond acceptors (Lipinski definition) is 5. The number of rotatable bonds is 8. The lowest BCUT2D eigenvalue weighted by atomic mass is 10.1. The van der Waals surface area contributed by atoms with Crippen LogP contribution in [-0.4, -0.2) is 47.3 Å². The smallest absolute Gasteiger partial charge is 0.179 e. The van der Waals surface area contributed by atoms with Gasteiger partial charge in [0, 0.05) is 31.5 Å². The number of imidazole rings is 1. The number of nitrogens with one attached hydrogen (secondary N) is 1. The van der Waals surface area contributed by atoms with Crippen LogP contribution in [-0.2, 0) is 13.1 Å². The van der Waals surface area contributed by atoms with Crippen molar-refractivity contribution < 1.29 is 14.6 Å². The number of H-pyrrole nitrogens is 1. The fraction of sp³-hybridized carbons (Fsp3) is 0.438. The molecular formula is C16H22ClN3O3. The quantitative estimate of drug-likeness (QED) is 0.772. The van der Waals surface area contributed by atoms with E-state index in [1.165, 1.54) is 0 Å². The highest BCUT2D eigenvalue weighted by Gasteiger charge is 2.14. The summed E-state index contributed by atoms with van der Waals surface area (Å²) in [6.07, 6.45) is 1.81. The molecule has 0 saturated carbocycles. The molecule has 0 radical (unpaired) electrons. The van der Waals surface area contributed by atoms with Gasteiger partial charge in [0.1, 0.15) is 5.82 Å². The van der Waals surface area contributed by atoms with Gasteiger partial charge < -0.3 is 19.6 Å². The molecule has 126 valence electrons. The summed E-state index contributed by atoms with van der Waals surface area (Å²) in [7, 11) is 3.14. The summed E-state index contributed by atoms with van der Waals surface area (Å²) in [5.74, 6) is 1.99. The van der Waals surface area contributed by atoms with E-state index in [9.17, 15) is 5.11 Å². The molecule has 0 fully saturated rings. The van der Waals surface area contributed by atoms with E-state index in [0.29, 0.717) is 36.2 Å². The Morgan fingerprint density at radius 2 is 2.04 bits per heavy atom. The van der Waals surface area contributed by atoms with Crippen molar-refractivity contribution in [3.63, 3.8) is 0 Å². The van der Waals surface area contributed by atoms with Crippen molar-refractivity contribution in [3.8, 4) is 11.5 Å². The molecule has 0 aliphatic carbocycles. The molecule has 23 heavy (non-hydrogen) atoms.